The molecule has 6 heteroatoms. The number of nitrogens with zero attached hydrogens (tertiary/aromatic N) is 2. The second-order valence-corrected chi connectivity index (χ2v) is 5.30. The summed E-state index contributed by atoms with van der Waals surface area (Å²) in [4.78, 5) is 22.5. The van der Waals surface area contributed by atoms with Gasteiger partial charge in [-0.3, -0.25) is 4.98 Å². The molecule has 1 aliphatic rings. The molecular formula is C15H14N4O2. The Kier molecular flexibility index (Phi) is 2.73. The smallest absolute Gasteiger partial charge is 0.408 e. The van der Waals surface area contributed by atoms with Crippen LogP contribution in [0.1, 0.15) is 30.1 Å². The standard InChI is InChI=1S/C15H14N4O2/c20-15-19-12-5-11(3-4-13(12)21-15)16-6-9-7-17-14(18-8-9)10-1-2-10/h3-5,7-8,10,16H,1-2,6H2,(H,19,20). The predicted octanol–water partition coefficient (Wildman–Crippen LogP) is 2.40. The summed E-state index contributed by atoms with van der Waals surface area (Å²) in [5.74, 6) is 1.09. The molecule has 0 radical (unpaired) electrons. The normalized spacial score (nSPS) is 14.5. The minimum atomic E-state index is -0.439. The molecule has 0 bridgehead atoms. The number of aromatic amines is 1. The summed E-state index contributed by atoms with van der Waals surface area (Å²) in [5.41, 5.74) is 3.18. The van der Waals surface area contributed by atoms with Crippen molar-refractivity contribution in [2.24, 2.45) is 0 Å². The van der Waals surface area contributed by atoms with Crippen LogP contribution in [-0.4, -0.2) is 15.0 Å². The summed E-state index contributed by atoms with van der Waals surface area (Å²) in [7, 11) is 0. The van der Waals surface area contributed by atoms with Gasteiger partial charge in [-0.1, -0.05) is 0 Å². The van der Waals surface area contributed by atoms with Crippen molar-refractivity contribution in [1.29, 1.82) is 0 Å². The Bertz CT molecular complexity index is 831. The summed E-state index contributed by atoms with van der Waals surface area (Å²) in [6.45, 7) is 0.637. The Morgan fingerprint density at radius 1 is 1.29 bits per heavy atom. The summed E-state index contributed by atoms with van der Waals surface area (Å²) < 4.78 is 4.97. The van der Waals surface area contributed by atoms with E-state index in [1.807, 2.05) is 24.5 Å². The highest BCUT2D eigenvalue weighted by atomic mass is 16.4. The molecule has 0 unspecified atom stereocenters. The van der Waals surface area contributed by atoms with Gasteiger partial charge in [-0.2, -0.15) is 0 Å². The number of fused-ring (bicyclic) bond motifs is 1. The number of oxazole rings is 1. The maximum absolute atomic E-state index is 11.1. The van der Waals surface area contributed by atoms with E-state index in [9.17, 15) is 4.79 Å². The van der Waals surface area contributed by atoms with Crippen molar-refractivity contribution >= 4 is 16.8 Å². The number of nitrogens with one attached hydrogen (secondary N) is 2. The van der Waals surface area contributed by atoms with Gasteiger partial charge >= 0.3 is 5.76 Å². The Balaban J connectivity index is 1.47. The SMILES string of the molecule is O=c1[nH]c2cc(NCc3cnc(C4CC4)nc3)ccc2o1. The zero-order chi connectivity index (χ0) is 14.2. The lowest BCUT2D eigenvalue weighted by Crippen LogP contribution is -2.02. The van der Waals surface area contributed by atoms with E-state index in [1.165, 1.54) is 12.8 Å². The molecule has 2 heterocycles. The molecule has 4 rings (SSSR count). The van der Waals surface area contributed by atoms with Crippen molar-refractivity contribution in [2.75, 3.05) is 5.32 Å². The Labute approximate surface area is 120 Å². The van der Waals surface area contributed by atoms with Gasteiger partial charge in [0.25, 0.3) is 0 Å². The minimum absolute atomic E-state index is 0.439. The van der Waals surface area contributed by atoms with Crippen LogP contribution in [0.5, 0.6) is 0 Å². The molecule has 1 fully saturated rings. The van der Waals surface area contributed by atoms with E-state index in [-0.39, 0.29) is 0 Å². The van der Waals surface area contributed by atoms with E-state index < -0.39 is 5.76 Å². The van der Waals surface area contributed by atoms with E-state index in [4.69, 9.17) is 4.42 Å². The van der Waals surface area contributed by atoms with Crippen LogP contribution >= 0.6 is 0 Å². The van der Waals surface area contributed by atoms with Crippen LogP contribution in [-0.2, 0) is 6.54 Å². The third-order valence-electron chi connectivity index (χ3n) is 3.58. The lowest BCUT2D eigenvalue weighted by molar-refractivity contribution is 0.555. The van der Waals surface area contributed by atoms with Crippen molar-refractivity contribution in [3.63, 3.8) is 0 Å². The fourth-order valence-electron chi connectivity index (χ4n) is 2.27. The largest absolute Gasteiger partial charge is 0.417 e. The predicted molar refractivity (Wildman–Crippen MR) is 78.2 cm³/mol. The van der Waals surface area contributed by atoms with Crippen LogP contribution in [0.3, 0.4) is 0 Å². The van der Waals surface area contributed by atoms with Crippen molar-refractivity contribution in [3.05, 3.63) is 52.5 Å². The minimum Gasteiger partial charge on any atom is -0.408 e. The maximum atomic E-state index is 11.1. The van der Waals surface area contributed by atoms with Crippen LogP contribution in [0.15, 0.2) is 39.8 Å². The molecule has 0 aliphatic heterocycles. The number of aromatic nitrogens is 3. The molecule has 1 saturated carbocycles. The van der Waals surface area contributed by atoms with Crippen LogP contribution in [0.25, 0.3) is 11.1 Å². The first-order valence-electron chi connectivity index (χ1n) is 6.95. The Morgan fingerprint density at radius 2 is 2.10 bits per heavy atom. The molecular weight excluding hydrogens is 268 g/mol. The highest BCUT2D eigenvalue weighted by molar-refractivity contribution is 5.76. The van der Waals surface area contributed by atoms with Gasteiger partial charge in [0.15, 0.2) is 5.58 Å². The molecule has 21 heavy (non-hydrogen) atoms. The molecule has 2 N–H and O–H groups in total. The fraction of sp³-hybridized carbons (Fsp3) is 0.267. The molecule has 0 atom stereocenters. The third-order valence-corrected chi connectivity index (χ3v) is 3.58. The van der Waals surface area contributed by atoms with E-state index in [1.54, 1.807) is 6.07 Å². The number of H-pyrrole nitrogens is 1. The van der Waals surface area contributed by atoms with Gasteiger partial charge in [0, 0.05) is 36.1 Å². The quantitative estimate of drug-likeness (QED) is 0.767. The topological polar surface area (TPSA) is 83.8 Å². The second-order valence-electron chi connectivity index (χ2n) is 5.30. The summed E-state index contributed by atoms with van der Waals surface area (Å²) in [6.07, 6.45) is 6.15. The van der Waals surface area contributed by atoms with Crippen LogP contribution < -0.4 is 11.1 Å². The highest BCUT2D eigenvalue weighted by Gasteiger charge is 2.25. The lowest BCUT2D eigenvalue weighted by Gasteiger charge is -2.06. The van der Waals surface area contributed by atoms with Gasteiger partial charge in [0.2, 0.25) is 0 Å². The molecule has 0 saturated heterocycles. The summed E-state index contributed by atoms with van der Waals surface area (Å²) >= 11 is 0. The van der Waals surface area contributed by atoms with Gasteiger partial charge in [-0.05, 0) is 31.0 Å². The van der Waals surface area contributed by atoms with E-state index in [2.05, 4.69) is 20.3 Å². The van der Waals surface area contributed by atoms with Gasteiger partial charge in [-0.25, -0.2) is 14.8 Å². The molecule has 0 spiro atoms. The van der Waals surface area contributed by atoms with E-state index >= 15 is 0 Å². The van der Waals surface area contributed by atoms with Crippen molar-refractivity contribution in [1.82, 2.24) is 15.0 Å². The van der Waals surface area contributed by atoms with Crippen molar-refractivity contribution in [2.45, 2.75) is 25.3 Å². The first-order valence-corrected chi connectivity index (χ1v) is 6.95. The van der Waals surface area contributed by atoms with Crippen LogP contribution in [0, 0.1) is 0 Å². The number of benzene rings is 1. The van der Waals surface area contributed by atoms with Gasteiger partial charge in [0.05, 0.1) is 5.52 Å². The molecule has 3 aromatic rings. The first-order chi connectivity index (χ1) is 10.3. The van der Waals surface area contributed by atoms with Gasteiger partial charge in [-0.15, -0.1) is 0 Å². The first kappa shape index (κ1) is 12.1. The highest BCUT2D eigenvalue weighted by Crippen LogP contribution is 2.37. The van der Waals surface area contributed by atoms with E-state index in [0.717, 1.165) is 17.1 Å². The zero-order valence-corrected chi connectivity index (χ0v) is 11.3. The molecule has 0 amide bonds. The fourth-order valence-corrected chi connectivity index (χ4v) is 2.27. The van der Waals surface area contributed by atoms with E-state index in [0.29, 0.717) is 23.6 Å². The molecule has 1 aromatic carbocycles. The summed E-state index contributed by atoms with van der Waals surface area (Å²) in [5, 5.41) is 3.28. The Morgan fingerprint density at radius 3 is 2.86 bits per heavy atom. The zero-order valence-electron chi connectivity index (χ0n) is 11.3. The number of anilines is 1. The molecule has 2 aromatic heterocycles. The third kappa shape index (κ3) is 2.52. The number of hydrogen-bond donors (Lipinski definition) is 2. The molecule has 106 valence electrons. The molecule has 1 aliphatic carbocycles. The average molecular weight is 282 g/mol. The second kappa shape index (κ2) is 4.73. The lowest BCUT2D eigenvalue weighted by atomic mass is 10.2. The number of rotatable bonds is 4. The van der Waals surface area contributed by atoms with Crippen molar-refractivity contribution in [3.8, 4) is 0 Å². The maximum Gasteiger partial charge on any atom is 0.417 e. The van der Waals surface area contributed by atoms with Gasteiger partial charge in [0.1, 0.15) is 5.82 Å². The molecule has 6 nitrogen and oxygen atoms in total. The monoisotopic (exact) mass is 282 g/mol. The van der Waals surface area contributed by atoms with Crippen LogP contribution in [0.2, 0.25) is 0 Å². The average Bonchev–Trinajstić information content (AvgIpc) is 3.27. The van der Waals surface area contributed by atoms with Crippen LogP contribution in [0.4, 0.5) is 5.69 Å². The van der Waals surface area contributed by atoms with Gasteiger partial charge < -0.3 is 9.73 Å². The number of hydrogen-bond acceptors (Lipinski definition) is 5. The summed E-state index contributed by atoms with van der Waals surface area (Å²) in [6, 6.07) is 5.49. The Hall–Kier alpha value is -2.63. The van der Waals surface area contributed by atoms with Crippen molar-refractivity contribution < 1.29 is 4.42 Å².